The number of para-hydroxylation sites is 2. The summed E-state index contributed by atoms with van der Waals surface area (Å²) in [4.78, 5) is 10.4. The van der Waals surface area contributed by atoms with Gasteiger partial charge in [0.25, 0.3) is 0 Å². The van der Waals surface area contributed by atoms with Gasteiger partial charge in [-0.1, -0.05) is 48.5 Å². The molecule has 0 spiro atoms. The van der Waals surface area contributed by atoms with Gasteiger partial charge < -0.3 is 4.57 Å². The predicted molar refractivity (Wildman–Crippen MR) is 96.9 cm³/mol. The van der Waals surface area contributed by atoms with Crippen molar-refractivity contribution in [3.8, 4) is 0 Å². The van der Waals surface area contributed by atoms with Gasteiger partial charge in [-0.05, 0) is 29.1 Å². The van der Waals surface area contributed by atoms with Gasteiger partial charge in [-0.2, -0.15) is 0 Å². The van der Waals surface area contributed by atoms with Crippen LogP contribution >= 0.6 is 11.3 Å². The van der Waals surface area contributed by atoms with Crippen LogP contribution in [0.15, 0.2) is 77.1 Å². The highest BCUT2D eigenvalue weighted by molar-refractivity contribution is 7.11. The van der Waals surface area contributed by atoms with E-state index in [2.05, 4.69) is 50.9 Å². The molecule has 3 nitrogen and oxygen atoms in total. The normalized spacial score (nSPS) is 11.5. The van der Waals surface area contributed by atoms with E-state index in [-0.39, 0.29) is 0 Å². The molecule has 0 saturated carbocycles. The van der Waals surface area contributed by atoms with Crippen molar-refractivity contribution < 1.29 is 0 Å². The summed E-state index contributed by atoms with van der Waals surface area (Å²) in [6.07, 6.45) is 1.88. The van der Waals surface area contributed by atoms with E-state index in [0.717, 1.165) is 28.4 Å². The van der Waals surface area contributed by atoms with E-state index in [4.69, 9.17) is 0 Å². The third kappa shape index (κ3) is 2.94. The molecule has 0 atom stereocenters. The monoisotopic (exact) mass is 317 g/mol. The summed E-state index contributed by atoms with van der Waals surface area (Å²) in [5.41, 5.74) is 3.32. The number of benzene rings is 2. The Kier molecular flexibility index (Phi) is 3.74. The molecule has 0 saturated heterocycles. The van der Waals surface area contributed by atoms with Gasteiger partial charge in [-0.3, -0.25) is 0 Å². The van der Waals surface area contributed by atoms with Crippen LogP contribution in [0.5, 0.6) is 0 Å². The number of aliphatic imine (C=N–C) groups is 1. The van der Waals surface area contributed by atoms with Crippen LogP contribution in [0, 0.1) is 0 Å². The molecule has 4 aromatic rings. The summed E-state index contributed by atoms with van der Waals surface area (Å²) in [6.45, 7) is 0.762. The van der Waals surface area contributed by atoms with E-state index in [9.17, 15) is 0 Å². The second-order valence-corrected chi connectivity index (χ2v) is 6.23. The van der Waals surface area contributed by atoms with Gasteiger partial charge in [0.2, 0.25) is 5.95 Å². The average Bonchev–Trinajstić information content (AvgIpc) is 3.22. The molecule has 0 bridgehead atoms. The first kappa shape index (κ1) is 13.9. The molecule has 23 heavy (non-hydrogen) atoms. The fraction of sp³-hybridized carbons (Fsp3) is 0.0526. The summed E-state index contributed by atoms with van der Waals surface area (Å²) in [7, 11) is 0. The molecular weight excluding hydrogens is 302 g/mol. The maximum atomic E-state index is 4.68. The Bertz CT molecular complexity index is 937. The first-order chi connectivity index (χ1) is 11.4. The minimum Gasteiger partial charge on any atom is -0.304 e. The molecular formula is C19H15N3S. The molecule has 0 unspecified atom stereocenters. The summed E-state index contributed by atoms with van der Waals surface area (Å²) in [6, 6.07) is 22.7. The standard InChI is InChI=1S/C19H15N3S/c1-2-7-15(8-3-1)14-22-18-11-5-4-10-17(18)21-19(22)20-13-16-9-6-12-23-16/h1-13H,14H2. The van der Waals surface area contributed by atoms with Crippen LogP contribution in [0.4, 0.5) is 5.95 Å². The summed E-state index contributed by atoms with van der Waals surface area (Å²) in [5, 5.41) is 2.05. The molecule has 2 aromatic heterocycles. The summed E-state index contributed by atoms with van der Waals surface area (Å²) < 4.78 is 2.16. The highest BCUT2D eigenvalue weighted by atomic mass is 32.1. The van der Waals surface area contributed by atoms with Crippen molar-refractivity contribution in [3.05, 3.63) is 82.6 Å². The molecule has 4 rings (SSSR count). The van der Waals surface area contributed by atoms with Gasteiger partial charge in [-0.15, -0.1) is 11.3 Å². The smallest absolute Gasteiger partial charge is 0.230 e. The summed E-state index contributed by atoms with van der Waals surface area (Å²) in [5.74, 6) is 0.739. The molecule has 0 aliphatic heterocycles. The van der Waals surface area contributed by atoms with Crippen LogP contribution in [0.3, 0.4) is 0 Å². The zero-order chi connectivity index (χ0) is 15.5. The van der Waals surface area contributed by atoms with Gasteiger partial charge >= 0.3 is 0 Å². The zero-order valence-corrected chi connectivity index (χ0v) is 13.3. The fourth-order valence-electron chi connectivity index (χ4n) is 2.57. The number of hydrogen-bond acceptors (Lipinski definition) is 3. The van der Waals surface area contributed by atoms with Crippen molar-refractivity contribution in [2.24, 2.45) is 4.99 Å². The van der Waals surface area contributed by atoms with Crippen LogP contribution in [0.1, 0.15) is 10.4 Å². The lowest BCUT2D eigenvalue weighted by atomic mass is 10.2. The second kappa shape index (κ2) is 6.18. The first-order valence-electron chi connectivity index (χ1n) is 7.47. The van der Waals surface area contributed by atoms with Crippen molar-refractivity contribution in [1.82, 2.24) is 9.55 Å². The molecule has 4 heteroatoms. The molecule has 0 aliphatic carbocycles. The van der Waals surface area contributed by atoms with Gasteiger partial charge in [0.15, 0.2) is 0 Å². The average molecular weight is 317 g/mol. The highest BCUT2D eigenvalue weighted by Crippen LogP contribution is 2.23. The Labute approximate surface area is 138 Å². The van der Waals surface area contributed by atoms with Crippen LogP contribution in [-0.4, -0.2) is 15.8 Å². The van der Waals surface area contributed by atoms with E-state index in [1.165, 1.54) is 5.56 Å². The van der Waals surface area contributed by atoms with Crippen molar-refractivity contribution in [1.29, 1.82) is 0 Å². The van der Waals surface area contributed by atoms with Crippen molar-refractivity contribution >= 4 is 34.5 Å². The number of fused-ring (bicyclic) bond motifs is 1. The Hall–Kier alpha value is -2.72. The topological polar surface area (TPSA) is 30.2 Å². The quantitative estimate of drug-likeness (QED) is 0.493. The fourth-order valence-corrected chi connectivity index (χ4v) is 3.15. The van der Waals surface area contributed by atoms with Crippen LogP contribution in [-0.2, 0) is 6.54 Å². The Morgan fingerprint density at radius 1 is 0.957 bits per heavy atom. The molecule has 0 fully saturated rings. The van der Waals surface area contributed by atoms with E-state index in [0.29, 0.717) is 0 Å². The predicted octanol–water partition coefficient (Wildman–Crippen LogP) is 4.90. The van der Waals surface area contributed by atoms with Crippen LogP contribution in [0.2, 0.25) is 0 Å². The molecule has 2 aromatic carbocycles. The molecule has 0 aliphatic rings. The van der Waals surface area contributed by atoms with Crippen molar-refractivity contribution in [3.63, 3.8) is 0 Å². The molecule has 112 valence electrons. The lowest BCUT2D eigenvalue weighted by molar-refractivity contribution is 0.827. The van der Waals surface area contributed by atoms with Gasteiger partial charge in [0.1, 0.15) is 0 Å². The first-order valence-corrected chi connectivity index (χ1v) is 8.35. The van der Waals surface area contributed by atoms with E-state index in [1.54, 1.807) is 11.3 Å². The number of aromatic nitrogens is 2. The van der Waals surface area contributed by atoms with Gasteiger partial charge in [0.05, 0.1) is 17.6 Å². The zero-order valence-electron chi connectivity index (χ0n) is 12.5. The number of rotatable bonds is 4. The maximum absolute atomic E-state index is 4.68. The molecule has 0 N–H and O–H groups in total. The van der Waals surface area contributed by atoms with Crippen molar-refractivity contribution in [2.45, 2.75) is 6.54 Å². The van der Waals surface area contributed by atoms with E-state index >= 15 is 0 Å². The lowest BCUT2D eigenvalue weighted by Crippen LogP contribution is -1.99. The Morgan fingerprint density at radius 3 is 2.61 bits per heavy atom. The van der Waals surface area contributed by atoms with Gasteiger partial charge in [-0.25, -0.2) is 9.98 Å². The lowest BCUT2D eigenvalue weighted by Gasteiger charge is -2.06. The minimum atomic E-state index is 0.739. The minimum absolute atomic E-state index is 0.739. The van der Waals surface area contributed by atoms with E-state index in [1.807, 2.05) is 41.9 Å². The molecule has 2 heterocycles. The van der Waals surface area contributed by atoms with Crippen molar-refractivity contribution in [2.75, 3.05) is 0 Å². The Balaban J connectivity index is 1.78. The third-order valence-electron chi connectivity index (χ3n) is 3.67. The third-order valence-corrected chi connectivity index (χ3v) is 4.48. The number of imidazole rings is 1. The van der Waals surface area contributed by atoms with Gasteiger partial charge in [0, 0.05) is 11.1 Å². The SMILES string of the molecule is C(=Nc1nc2ccccc2n1Cc1ccccc1)c1cccs1. The van der Waals surface area contributed by atoms with Crippen LogP contribution in [0.25, 0.3) is 11.0 Å². The number of hydrogen-bond donors (Lipinski definition) is 0. The van der Waals surface area contributed by atoms with Crippen LogP contribution < -0.4 is 0 Å². The maximum Gasteiger partial charge on any atom is 0.230 e. The van der Waals surface area contributed by atoms with E-state index < -0.39 is 0 Å². The second-order valence-electron chi connectivity index (χ2n) is 5.25. The largest absolute Gasteiger partial charge is 0.304 e. The number of thiophene rings is 1. The molecule has 0 radical (unpaired) electrons. The highest BCUT2D eigenvalue weighted by Gasteiger charge is 2.09. The molecule has 0 amide bonds. The number of nitrogens with zero attached hydrogens (tertiary/aromatic N) is 3. The summed E-state index contributed by atoms with van der Waals surface area (Å²) >= 11 is 1.67. The Morgan fingerprint density at radius 2 is 1.78 bits per heavy atom.